The number of anilines is 1. The van der Waals surface area contributed by atoms with Crippen LogP contribution in [0, 0.1) is 0 Å². The van der Waals surface area contributed by atoms with Gasteiger partial charge in [0.05, 0.1) is 10.6 Å². The van der Waals surface area contributed by atoms with Crippen LogP contribution in [-0.2, 0) is 9.53 Å². The molecule has 6 heteroatoms. The minimum atomic E-state index is -0.599. The normalized spacial score (nSPS) is 28.1. The summed E-state index contributed by atoms with van der Waals surface area (Å²) in [6, 6.07) is 3.11. The zero-order chi connectivity index (χ0) is 15.0. The molecule has 1 saturated carbocycles. The molecular formula is C15H19BrN2O3. The summed E-state index contributed by atoms with van der Waals surface area (Å²) in [5, 5.41) is 2.78. The van der Waals surface area contributed by atoms with Crippen LogP contribution in [0.1, 0.15) is 37.3 Å². The van der Waals surface area contributed by atoms with Crippen LogP contribution < -0.4 is 15.8 Å². The number of carbonyl (C=O) groups excluding carboxylic acids is 1. The van der Waals surface area contributed by atoms with E-state index in [-0.39, 0.29) is 18.1 Å². The Hall–Kier alpha value is -1.11. The second kappa shape index (κ2) is 5.94. The lowest BCUT2D eigenvalue weighted by Crippen LogP contribution is -2.29. The van der Waals surface area contributed by atoms with Gasteiger partial charge in [-0.05, 0) is 41.3 Å². The number of hydrogen-bond donors (Lipinski definition) is 2. The van der Waals surface area contributed by atoms with Crippen molar-refractivity contribution >= 4 is 27.5 Å². The molecule has 5 nitrogen and oxygen atoms in total. The Morgan fingerprint density at radius 3 is 2.86 bits per heavy atom. The van der Waals surface area contributed by atoms with Crippen LogP contribution in [0.4, 0.5) is 5.69 Å². The number of fused-ring (bicyclic) bond motifs is 1. The van der Waals surface area contributed by atoms with Gasteiger partial charge >= 0.3 is 0 Å². The standard InChI is InChI=1S/C15H19BrN2O3/c1-20-8-3-2-4-9(5-8)21-13-7-12-10(6-11(13)16)14(17)15(19)18-12/h6-9,14H,2-5,17H2,1H3,(H,18,19). The molecule has 3 N–H and O–H groups in total. The van der Waals surface area contributed by atoms with Crippen molar-refractivity contribution in [3.63, 3.8) is 0 Å². The van der Waals surface area contributed by atoms with Crippen LogP contribution >= 0.6 is 15.9 Å². The first-order valence-electron chi connectivity index (χ1n) is 7.18. The minimum Gasteiger partial charge on any atom is -0.489 e. The maximum Gasteiger partial charge on any atom is 0.245 e. The van der Waals surface area contributed by atoms with Crippen molar-refractivity contribution in [1.82, 2.24) is 0 Å². The van der Waals surface area contributed by atoms with Crippen molar-refractivity contribution in [2.45, 2.75) is 43.9 Å². The molecule has 0 bridgehead atoms. The molecule has 3 rings (SSSR count). The van der Waals surface area contributed by atoms with E-state index in [0.29, 0.717) is 0 Å². The van der Waals surface area contributed by atoms with Gasteiger partial charge < -0.3 is 20.5 Å². The zero-order valence-electron chi connectivity index (χ0n) is 11.9. The number of amides is 1. The van der Waals surface area contributed by atoms with Gasteiger partial charge in [0, 0.05) is 30.8 Å². The van der Waals surface area contributed by atoms with Crippen LogP contribution in [0.25, 0.3) is 0 Å². The van der Waals surface area contributed by atoms with Crippen molar-refractivity contribution in [3.05, 3.63) is 22.2 Å². The van der Waals surface area contributed by atoms with Gasteiger partial charge in [-0.15, -0.1) is 0 Å². The number of rotatable bonds is 3. The number of methoxy groups -OCH3 is 1. The van der Waals surface area contributed by atoms with Crippen LogP contribution in [0.15, 0.2) is 16.6 Å². The molecule has 2 aliphatic rings. The van der Waals surface area contributed by atoms with Gasteiger partial charge in [0.15, 0.2) is 0 Å². The highest BCUT2D eigenvalue weighted by Gasteiger charge is 2.29. The van der Waals surface area contributed by atoms with Gasteiger partial charge in [-0.3, -0.25) is 4.79 Å². The second-order valence-corrected chi connectivity index (χ2v) is 6.46. The topological polar surface area (TPSA) is 73.6 Å². The number of nitrogens with one attached hydrogen (secondary N) is 1. The predicted molar refractivity (Wildman–Crippen MR) is 83.4 cm³/mol. The maximum absolute atomic E-state index is 11.6. The van der Waals surface area contributed by atoms with Crippen LogP contribution in [-0.4, -0.2) is 25.2 Å². The Labute approximate surface area is 132 Å². The third-order valence-corrected chi connectivity index (χ3v) is 4.80. The largest absolute Gasteiger partial charge is 0.489 e. The summed E-state index contributed by atoms with van der Waals surface area (Å²) in [5.74, 6) is 0.566. The van der Waals surface area contributed by atoms with Gasteiger partial charge in [-0.25, -0.2) is 0 Å². The molecule has 1 aromatic carbocycles. The summed E-state index contributed by atoms with van der Waals surface area (Å²) >= 11 is 3.51. The minimum absolute atomic E-state index is 0.142. The van der Waals surface area contributed by atoms with Crippen LogP contribution in [0.5, 0.6) is 5.75 Å². The Balaban J connectivity index is 1.78. The lowest BCUT2D eigenvalue weighted by atomic mass is 9.95. The first-order valence-corrected chi connectivity index (χ1v) is 7.97. The third kappa shape index (κ3) is 2.93. The van der Waals surface area contributed by atoms with E-state index >= 15 is 0 Å². The number of hydrogen-bond acceptors (Lipinski definition) is 4. The van der Waals surface area contributed by atoms with Gasteiger partial charge in [0.2, 0.25) is 5.91 Å². The van der Waals surface area contributed by atoms with E-state index in [2.05, 4.69) is 21.2 Å². The summed E-state index contributed by atoms with van der Waals surface area (Å²) in [7, 11) is 1.75. The molecule has 3 unspecified atom stereocenters. The number of benzene rings is 1. The summed E-state index contributed by atoms with van der Waals surface area (Å²) < 4.78 is 12.3. The summed E-state index contributed by atoms with van der Waals surface area (Å²) in [6.45, 7) is 0. The van der Waals surface area contributed by atoms with Crippen molar-refractivity contribution in [3.8, 4) is 5.75 Å². The van der Waals surface area contributed by atoms with Gasteiger partial charge in [-0.2, -0.15) is 0 Å². The van der Waals surface area contributed by atoms with E-state index in [1.807, 2.05) is 12.1 Å². The van der Waals surface area contributed by atoms with Crippen molar-refractivity contribution in [2.75, 3.05) is 12.4 Å². The average Bonchev–Trinajstić information content (AvgIpc) is 2.75. The molecular weight excluding hydrogens is 336 g/mol. The average molecular weight is 355 g/mol. The molecule has 1 amide bonds. The highest BCUT2D eigenvalue weighted by Crippen LogP contribution is 2.39. The molecule has 0 radical (unpaired) electrons. The van der Waals surface area contributed by atoms with Crippen molar-refractivity contribution in [1.29, 1.82) is 0 Å². The number of ether oxygens (including phenoxy) is 2. The molecule has 0 aromatic heterocycles. The fourth-order valence-electron chi connectivity index (χ4n) is 2.98. The Morgan fingerprint density at radius 2 is 2.10 bits per heavy atom. The van der Waals surface area contributed by atoms with Crippen LogP contribution in [0.2, 0.25) is 0 Å². The number of nitrogens with two attached hydrogens (primary N) is 1. The molecule has 3 atom stereocenters. The molecule has 0 saturated heterocycles. The predicted octanol–water partition coefficient (Wildman–Crippen LogP) is 2.74. The van der Waals surface area contributed by atoms with Crippen molar-refractivity contribution in [2.24, 2.45) is 5.73 Å². The van der Waals surface area contributed by atoms with Gasteiger partial charge in [0.1, 0.15) is 17.9 Å². The lowest BCUT2D eigenvalue weighted by molar-refractivity contribution is -0.116. The molecule has 1 heterocycles. The van der Waals surface area contributed by atoms with Crippen LogP contribution in [0.3, 0.4) is 0 Å². The van der Waals surface area contributed by atoms with E-state index in [0.717, 1.165) is 47.2 Å². The first kappa shape index (κ1) is 14.8. The summed E-state index contributed by atoms with van der Waals surface area (Å²) in [4.78, 5) is 11.6. The Morgan fingerprint density at radius 1 is 1.33 bits per heavy atom. The zero-order valence-corrected chi connectivity index (χ0v) is 13.5. The van der Waals surface area contributed by atoms with E-state index < -0.39 is 6.04 Å². The third-order valence-electron chi connectivity index (χ3n) is 4.18. The highest BCUT2D eigenvalue weighted by molar-refractivity contribution is 9.10. The Bertz CT molecular complexity index is 564. The molecule has 1 aromatic rings. The van der Waals surface area contributed by atoms with Gasteiger partial charge in [0.25, 0.3) is 0 Å². The van der Waals surface area contributed by atoms with Gasteiger partial charge in [-0.1, -0.05) is 0 Å². The smallest absolute Gasteiger partial charge is 0.245 e. The Kier molecular flexibility index (Phi) is 4.19. The quantitative estimate of drug-likeness (QED) is 0.875. The second-order valence-electron chi connectivity index (χ2n) is 5.60. The highest BCUT2D eigenvalue weighted by atomic mass is 79.9. The SMILES string of the molecule is COC1CCCC(Oc2cc3c(cc2Br)C(N)C(=O)N3)C1. The monoisotopic (exact) mass is 354 g/mol. The molecule has 1 fully saturated rings. The fourth-order valence-corrected chi connectivity index (χ4v) is 3.43. The van der Waals surface area contributed by atoms with E-state index in [1.54, 1.807) is 7.11 Å². The van der Waals surface area contributed by atoms with E-state index in [9.17, 15) is 4.79 Å². The number of halogens is 1. The molecule has 1 aliphatic heterocycles. The first-order chi connectivity index (χ1) is 10.1. The molecule has 21 heavy (non-hydrogen) atoms. The number of carbonyl (C=O) groups is 1. The lowest BCUT2D eigenvalue weighted by Gasteiger charge is -2.29. The summed E-state index contributed by atoms with van der Waals surface area (Å²) in [6.07, 6.45) is 4.52. The fraction of sp³-hybridized carbons (Fsp3) is 0.533. The van der Waals surface area contributed by atoms with Crippen molar-refractivity contribution < 1.29 is 14.3 Å². The molecule has 1 aliphatic carbocycles. The summed E-state index contributed by atoms with van der Waals surface area (Å²) in [5.41, 5.74) is 7.38. The van der Waals surface area contributed by atoms with E-state index in [4.69, 9.17) is 15.2 Å². The van der Waals surface area contributed by atoms with E-state index in [1.165, 1.54) is 0 Å². The molecule has 0 spiro atoms. The molecule has 114 valence electrons. The maximum atomic E-state index is 11.6.